The average Bonchev–Trinajstić information content (AvgIpc) is 2.93. The molecule has 1 aromatic rings. The van der Waals surface area contributed by atoms with Crippen LogP contribution >= 0.6 is 0 Å². The minimum atomic E-state index is -0.275. The molecule has 1 saturated heterocycles. The summed E-state index contributed by atoms with van der Waals surface area (Å²) in [6.45, 7) is 1.28. The Hall–Kier alpha value is -2.03. The number of aliphatic hydroxyl groups excluding tert-OH is 1. The van der Waals surface area contributed by atoms with Crippen molar-refractivity contribution in [3.05, 3.63) is 29.3 Å². The summed E-state index contributed by atoms with van der Waals surface area (Å²) in [7, 11) is 1.62. The van der Waals surface area contributed by atoms with Gasteiger partial charge >= 0.3 is 0 Å². The summed E-state index contributed by atoms with van der Waals surface area (Å²) in [5.74, 6) is 5.99. The van der Waals surface area contributed by atoms with Gasteiger partial charge in [0.15, 0.2) is 0 Å². The lowest BCUT2D eigenvalue weighted by molar-refractivity contribution is -0.122. The van der Waals surface area contributed by atoms with Gasteiger partial charge in [-0.05, 0) is 37.6 Å². The van der Waals surface area contributed by atoms with E-state index < -0.39 is 0 Å². The summed E-state index contributed by atoms with van der Waals surface area (Å²) in [6, 6.07) is 5.42. The minimum absolute atomic E-state index is 0.169. The number of nitrogens with two attached hydrogens (primary N) is 1. The molecule has 0 aromatic heterocycles. The second-order valence-corrected chi connectivity index (χ2v) is 5.02. The number of benzene rings is 1. The van der Waals surface area contributed by atoms with Crippen LogP contribution in [-0.4, -0.2) is 42.2 Å². The molecule has 0 bridgehead atoms. The van der Waals surface area contributed by atoms with Crippen LogP contribution in [-0.2, 0) is 11.3 Å². The maximum atomic E-state index is 11.5. The number of aliphatic hydroxyl groups is 1. The van der Waals surface area contributed by atoms with Crippen molar-refractivity contribution in [3.8, 4) is 17.6 Å². The van der Waals surface area contributed by atoms with E-state index in [1.54, 1.807) is 7.11 Å². The van der Waals surface area contributed by atoms with Crippen molar-refractivity contribution in [2.75, 3.05) is 20.3 Å². The first-order chi connectivity index (χ1) is 10.2. The Balaban J connectivity index is 2.22. The molecule has 1 atom stereocenters. The second-order valence-electron chi connectivity index (χ2n) is 5.02. The molecule has 1 unspecified atom stereocenters. The fourth-order valence-corrected chi connectivity index (χ4v) is 2.68. The number of hydrogen-bond acceptors (Lipinski definition) is 4. The molecule has 3 N–H and O–H groups in total. The lowest BCUT2D eigenvalue weighted by Gasteiger charge is -2.23. The van der Waals surface area contributed by atoms with Crippen molar-refractivity contribution in [2.45, 2.75) is 25.4 Å². The van der Waals surface area contributed by atoms with Gasteiger partial charge in [-0.2, -0.15) is 0 Å². The lowest BCUT2D eigenvalue weighted by atomic mass is 10.1. The SMILES string of the molecule is COc1ccc(C#CCO)cc1CN1CCCC1C(N)=O. The van der Waals surface area contributed by atoms with Crippen LogP contribution in [0.15, 0.2) is 18.2 Å². The largest absolute Gasteiger partial charge is 0.496 e. The van der Waals surface area contributed by atoms with Crippen molar-refractivity contribution < 1.29 is 14.6 Å². The molecule has 2 rings (SSSR count). The van der Waals surface area contributed by atoms with E-state index in [-0.39, 0.29) is 18.6 Å². The van der Waals surface area contributed by atoms with Crippen LogP contribution in [0.4, 0.5) is 0 Å². The van der Waals surface area contributed by atoms with E-state index in [0.717, 1.165) is 36.3 Å². The molecule has 1 fully saturated rings. The minimum Gasteiger partial charge on any atom is -0.496 e. The van der Waals surface area contributed by atoms with Crippen molar-refractivity contribution >= 4 is 5.91 Å². The summed E-state index contributed by atoms with van der Waals surface area (Å²) >= 11 is 0. The zero-order valence-corrected chi connectivity index (χ0v) is 12.1. The Labute approximate surface area is 124 Å². The van der Waals surface area contributed by atoms with E-state index >= 15 is 0 Å². The van der Waals surface area contributed by atoms with Gasteiger partial charge in [0.2, 0.25) is 5.91 Å². The molecule has 1 aromatic carbocycles. The number of nitrogens with zero attached hydrogens (tertiary/aromatic N) is 1. The van der Waals surface area contributed by atoms with Gasteiger partial charge in [-0.1, -0.05) is 11.8 Å². The third-order valence-electron chi connectivity index (χ3n) is 3.66. The third-order valence-corrected chi connectivity index (χ3v) is 3.66. The van der Waals surface area contributed by atoms with E-state index in [1.807, 2.05) is 18.2 Å². The molecule has 1 aliphatic rings. The van der Waals surface area contributed by atoms with Crippen LogP contribution < -0.4 is 10.5 Å². The molecular formula is C16H20N2O3. The first-order valence-corrected chi connectivity index (χ1v) is 6.95. The van der Waals surface area contributed by atoms with Gasteiger partial charge in [0.1, 0.15) is 12.4 Å². The van der Waals surface area contributed by atoms with E-state index in [1.165, 1.54) is 0 Å². The standard InChI is InChI=1S/C16H20N2O3/c1-21-15-7-6-12(4-3-9-19)10-13(15)11-18-8-2-5-14(18)16(17)20/h6-7,10,14,19H,2,5,8-9,11H2,1H3,(H2,17,20). The molecule has 0 radical (unpaired) electrons. The van der Waals surface area contributed by atoms with Crippen LogP contribution in [0.1, 0.15) is 24.0 Å². The van der Waals surface area contributed by atoms with E-state index in [9.17, 15) is 4.79 Å². The Kier molecular flexibility index (Phi) is 5.20. The van der Waals surface area contributed by atoms with Crippen LogP contribution in [0.2, 0.25) is 0 Å². The van der Waals surface area contributed by atoms with Gasteiger partial charge < -0.3 is 15.6 Å². The summed E-state index contributed by atoms with van der Waals surface area (Å²) in [5, 5.41) is 8.77. The summed E-state index contributed by atoms with van der Waals surface area (Å²) in [5.41, 5.74) is 7.23. The maximum absolute atomic E-state index is 11.5. The Morgan fingerprint density at radius 1 is 1.57 bits per heavy atom. The molecule has 21 heavy (non-hydrogen) atoms. The highest BCUT2D eigenvalue weighted by molar-refractivity contribution is 5.80. The predicted octanol–water partition coefficient (Wildman–Crippen LogP) is 0.489. The maximum Gasteiger partial charge on any atom is 0.234 e. The number of carbonyl (C=O) groups excluding carboxylic acids is 1. The van der Waals surface area contributed by atoms with E-state index in [4.69, 9.17) is 15.6 Å². The number of primary amides is 1. The fraction of sp³-hybridized carbons (Fsp3) is 0.438. The summed E-state index contributed by atoms with van der Waals surface area (Å²) in [4.78, 5) is 13.5. The van der Waals surface area contributed by atoms with Gasteiger partial charge in [0, 0.05) is 17.7 Å². The molecule has 5 heteroatoms. The smallest absolute Gasteiger partial charge is 0.234 e. The molecule has 0 aliphatic carbocycles. The van der Waals surface area contributed by atoms with Crippen LogP contribution in [0.3, 0.4) is 0 Å². The molecule has 112 valence electrons. The topological polar surface area (TPSA) is 75.8 Å². The zero-order valence-electron chi connectivity index (χ0n) is 12.1. The van der Waals surface area contributed by atoms with Crippen LogP contribution in [0.5, 0.6) is 5.75 Å². The van der Waals surface area contributed by atoms with Gasteiger partial charge in [-0.15, -0.1) is 0 Å². The average molecular weight is 288 g/mol. The monoisotopic (exact) mass is 288 g/mol. The highest BCUT2D eigenvalue weighted by Crippen LogP contribution is 2.25. The van der Waals surface area contributed by atoms with Gasteiger partial charge in [0.25, 0.3) is 0 Å². The lowest BCUT2D eigenvalue weighted by Crippen LogP contribution is -2.39. The van der Waals surface area contributed by atoms with Crippen LogP contribution in [0, 0.1) is 11.8 Å². The number of amides is 1. The van der Waals surface area contributed by atoms with Gasteiger partial charge in [-0.3, -0.25) is 9.69 Å². The number of ether oxygens (including phenoxy) is 1. The third kappa shape index (κ3) is 3.75. The van der Waals surface area contributed by atoms with Crippen molar-refractivity contribution in [3.63, 3.8) is 0 Å². The van der Waals surface area contributed by atoms with Gasteiger partial charge in [-0.25, -0.2) is 0 Å². The Morgan fingerprint density at radius 2 is 2.38 bits per heavy atom. The molecule has 5 nitrogen and oxygen atoms in total. The van der Waals surface area contributed by atoms with Crippen molar-refractivity contribution in [1.29, 1.82) is 0 Å². The molecular weight excluding hydrogens is 268 g/mol. The highest BCUT2D eigenvalue weighted by atomic mass is 16.5. The Morgan fingerprint density at radius 3 is 3.05 bits per heavy atom. The first-order valence-electron chi connectivity index (χ1n) is 6.95. The number of hydrogen-bond donors (Lipinski definition) is 2. The van der Waals surface area contributed by atoms with Crippen molar-refractivity contribution in [2.24, 2.45) is 5.73 Å². The molecule has 0 spiro atoms. The summed E-state index contributed by atoms with van der Waals surface area (Å²) in [6.07, 6.45) is 1.78. The van der Waals surface area contributed by atoms with Gasteiger partial charge in [0.05, 0.1) is 13.2 Å². The van der Waals surface area contributed by atoms with E-state index in [2.05, 4.69) is 16.7 Å². The normalized spacial score (nSPS) is 18.1. The molecule has 1 heterocycles. The van der Waals surface area contributed by atoms with Crippen molar-refractivity contribution in [1.82, 2.24) is 4.90 Å². The fourth-order valence-electron chi connectivity index (χ4n) is 2.68. The second kappa shape index (κ2) is 7.11. The number of rotatable bonds is 4. The number of carbonyl (C=O) groups is 1. The van der Waals surface area contributed by atoms with Crippen LogP contribution in [0.25, 0.3) is 0 Å². The number of likely N-dealkylation sites (tertiary alicyclic amines) is 1. The number of methoxy groups -OCH3 is 1. The van der Waals surface area contributed by atoms with E-state index in [0.29, 0.717) is 6.54 Å². The highest BCUT2D eigenvalue weighted by Gasteiger charge is 2.29. The Bertz CT molecular complexity index is 575. The molecule has 1 amide bonds. The zero-order chi connectivity index (χ0) is 15.2. The molecule has 1 aliphatic heterocycles. The molecule has 0 saturated carbocycles. The predicted molar refractivity (Wildman–Crippen MR) is 79.6 cm³/mol. The summed E-state index contributed by atoms with van der Waals surface area (Å²) < 4.78 is 5.37. The first kappa shape index (κ1) is 15.4. The quantitative estimate of drug-likeness (QED) is 0.791.